The van der Waals surface area contributed by atoms with Gasteiger partial charge in [0.2, 0.25) is 0 Å². The maximum Gasteiger partial charge on any atom is 0.253 e. The van der Waals surface area contributed by atoms with Crippen molar-refractivity contribution in [1.82, 2.24) is 5.32 Å². The number of anilines is 1. The Labute approximate surface area is 127 Å². The average molecular weight is 317 g/mol. The van der Waals surface area contributed by atoms with E-state index in [9.17, 15) is 4.79 Å². The second-order valence-corrected chi connectivity index (χ2v) is 7.21. The third-order valence-corrected chi connectivity index (χ3v) is 5.95. The molecule has 0 saturated carbocycles. The highest BCUT2D eigenvalue weighted by atomic mass is 35.5. The van der Waals surface area contributed by atoms with E-state index in [1.54, 1.807) is 19.2 Å². The van der Waals surface area contributed by atoms with Crippen molar-refractivity contribution in [3.63, 3.8) is 0 Å². The molecule has 1 amide bonds. The Hall–Kier alpha value is -0.520. The molecule has 1 heterocycles. The summed E-state index contributed by atoms with van der Waals surface area (Å²) in [6.45, 7) is 0.714. The van der Waals surface area contributed by atoms with Gasteiger partial charge in [-0.25, -0.2) is 0 Å². The van der Waals surface area contributed by atoms with Crippen LogP contribution in [0.25, 0.3) is 0 Å². The molecular formula is C13H17ClN2OS2. The number of carbonyl (C=O) groups excluding carboxylic acids is 1. The molecule has 19 heavy (non-hydrogen) atoms. The van der Waals surface area contributed by atoms with Gasteiger partial charge in [-0.05, 0) is 18.2 Å². The van der Waals surface area contributed by atoms with Crippen molar-refractivity contribution in [3.8, 4) is 0 Å². The first-order valence-electron chi connectivity index (χ1n) is 6.15. The van der Waals surface area contributed by atoms with Crippen LogP contribution in [0.3, 0.4) is 0 Å². The topological polar surface area (TPSA) is 41.1 Å². The lowest BCUT2D eigenvalue weighted by Crippen LogP contribution is -2.33. The fourth-order valence-corrected chi connectivity index (χ4v) is 4.66. The Kier molecular flexibility index (Phi) is 5.73. The van der Waals surface area contributed by atoms with Gasteiger partial charge in [-0.15, -0.1) is 0 Å². The zero-order valence-corrected chi connectivity index (χ0v) is 13.1. The Balaban J connectivity index is 1.97. The molecule has 0 radical (unpaired) electrons. The van der Waals surface area contributed by atoms with Gasteiger partial charge in [-0.3, -0.25) is 4.79 Å². The summed E-state index contributed by atoms with van der Waals surface area (Å²) in [6.07, 6.45) is 0. The summed E-state index contributed by atoms with van der Waals surface area (Å²) in [5, 5.41) is 7.10. The van der Waals surface area contributed by atoms with Gasteiger partial charge in [0.05, 0.1) is 5.56 Å². The average Bonchev–Trinajstić information content (AvgIpc) is 2.46. The van der Waals surface area contributed by atoms with E-state index in [1.165, 1.54) is 11.5 Å². The highest BCUT2D eigenvalue weighted by Crippen LogP contribution is 2.24. The van der Waals surface area contributed by atoms with Crippen LogP contribution < -0.4 is 10.6 Å². The van der Waals surface area contributed by atoms with Crippen LogP contribution in [0.1, 0.15) is 10.4 Å². The van der Waals surface area contributed by atoms with Gasteiger partial charge in [0.1, 0.15) is 0 Å². The third kappa shape index (κ3) is 4.23. The highest BCUT2D eigenvalue weighted by Gasteiger charge is 2.17. The van der Waals surface area contributed by atoms with Crippen LogP contribution in [0, 0.1) is 0 Å². The number of nitrogens with one attached hydrogen (secondary N) is 2. The van der Waals surface area contributed by atoms with Gasteiger partial charge in [-0.2, -0.15) is 23.5 Å². The molecule has 1 aliphatic rings. The number of amides is 1. The van der Waals surface area contributed by atoms with Crippen molar-refractivity contribution in [2.75, 3.05) is 36.2 Å². The standard InChI is InChI=1S/C13H17ClN2OS2/c1-15-12-3-2-9(14)6-11(12)13(17)16-7-10-8-18-4-5-19-10/h2-3,6,10,15H,4-5,7-8H2,1H3,(H,16,17). The minimum absolute atomic E-state index is 0.0666. The number of hydrogen-bond donors (Lipinski definition) is 2. The summed E-state index contributed by atoms with van der Waals surface area (Å²) in [5.41, 5.74) is 1.40. The maximum atomic E-state index is 12.2. The molecule has 1 aromatic rings. The normalized spacial score (nSPS) is 18.9. The van der Waals surface area contributed by atoms with Crippen molar-refractivity contribution >= 4 is 46.7 Å². The predicted molar refractivity (Wildman–Crippen MR) is 86.9 cm³/mol. The molecule has 6 heteroatoms. The summed E-state index contributed by atoms with van der Waals surface area (Å²) in [6, 6.07) is 5.30. The number of halogens is 1. The van der Waals surface area contributed by atoms with Crippen LogP contribution in [-0.2, 0) is 0 Å². The minimum Gasteiger partial charge on any atom is -0.387 e. The van der Waals surface area contributed by atoms with E-state index in [0.717, 1.165) is 11.4 Å². The Morgan fingerprint density at radius 1 is 1.47 bits per heavy atom. The molecule has 2 rings (SSSR count). The van der Waals surface area contributed by atoms with Crippen LogP contribution in [0.2, 0.25) is 5.02 Å². The lowest BCUT2D eigenvalue weighted by Gasteiger charge is -2.21. The first kappa shape index (κ1) is 14.9. The Morgan fingerprint density at radius 3 is 3.00 bits per heavy atom. The van der Waals surface area contributed by atoms with Gasteiger partial charge in [0.25, 0.3) is 5.91 Å². The van der Waals surface area contributed by atoms with Crippen molar-refractivity contribution in [2.45, 2.75) is 5.25 Å². The SMILES string of the molecule is CNc1ccc(Cl)cc1C(=O)NCC1CSCCS1. The lowest BCUT2D eigenvalue weighted by molar-refractivity contribution is 0.0955. The molecule has 2 N–H and O–H groups in total. The van der Waals surface area contributed by atoms with Gasteiger partial charge in [0, 0.05) is 46.8 Å². The number of rotatable bonds is 4. The first-order valence-corrected chi connectivity index (χ1v) is 8.73. The number of benzene rings is 1. The van der Waals surface area contributed by atoms with Gasteiger partial charge < -0.3 is 10.6 Å². The van der Waals surface area contributed by atoms with E-state index in [1.807, 2.05) is 29.6 Å². The fourth-order valence-electron chi connectivity index (χ4n) is 1.88. The number of hydrogen-bond acceptors (Lipinski definition) is 4. The summed E-state index contributed by atoms with van der Waals surface area (Å²) >= 11 is 9.84. The van der Waals surface area contributed by atoms with Crippen molar-refractivity contribution in [1.29, 1.82) is 0 Å². The van der Waals surface area contributed by atoms with E-state index in [4.69, 9.17) is 11.6 Å². The molecule has 3 nitrogen and oxygen atoms in total. The largest absolute Gasteiger partial charge is 0.387 e. The quantitative estimate of drug-likeness (QED) is 0.896. The van der Waals surface area contributed by atoms with Crippen molar-refractivity contribution in [2.24, 2.45) is 0 Å². The second kappa shape index (κ2) is 7.31. The van der Waals surface area contributed by atoms with Gasteiger partial charge in [0.15, 0.2) is 0 Å². The molecule has 0 bridgehead atoms. The van der Waals surface area contributed by atoms with E-state index in [2.05, 4.69) is 10.6 Å². The van der Waals surface area contributed by atoms with Gasteiger partial charge in [-0.1, -0.05) is 11.6 Å². The van der Waals surface area contributed by atoms with Crippen LogP contribution in [0.4, 0.5) is 5.69 Å². The second-order valence-electron chi connectivity index (χ2n) is 4.22. The van der Waals surface area contributed by atoms with Crippen LogP contribution >= 0.6 is 35.1 Å². The van der Waals surface area contributed by atoms with Crippen molar-refractivity contribution < 1.29 is 4.79 Å². The molecule has 1 fully saturated rings. The molecular weight excluding hydrogens is 300 g/mol. The van der Waals surface area contributed by atoms with E-state index in [-0.39, 0.29) is 5.91 Å². The molecule has 1 saturated heterocycles. The Morgan fingerprint density at radius 2 is 2.32 bits per heavy atom. The van der Waals surface area contributed by atoms with Crippen LogP contribution in [-0.4, -0.2) is 42.0 Å². The Bertz CT molecular complexity index is 450. The zero-order valence-electron chi connectivity index (χ0n) is 10.7. The molecule has 0 spiro atoms. The minimum atomic E-state index is -0.0666. The summed E-state index contributed by atoms with van der Waals surface area (Å²) in [4.78, 5) is 12.2. The molecule has 104 valence electrons. The number of thioether (sulfide) groups is 2. The molecule has 1 aromatic carbocycles. The lowest BCUT2D eigenvalue weighted by atomic mass is 10.1. The van der Waals surface area contributed by atoms with Crippen LogP contribution in [0.5, 0.6) is 0 Å². The molecule has 0 aromatic heterocycles. The fraction of sp³-hybridized carbons (Fsp3) is 0.462. The summed E-state index contributed by atoms with van der Waals surface area (Å²) in [5.74, 6) is 3.43. The molecule has 1 aliphatic heterocycles. The molecule has 0 aliphatic carbocycles. The zero-order chi connectivity index (χ0) is 13.7. The summed E-state index contributed by atoms with van der Waals surface area (Å²) < 4.78 is 0. The molecule has 1 unspecified atom stereocenters. The van der Waals surface area contributed by atoms with E-state index in [0.29, 0.717) is 22.4 Å². The molecule has 1 atom stereocenters. The van der Waals surface area contributed by atoms with Crippen LogP contribution in [0.15, 0.2) is 18.2 Å². The number of carbonyl (C=O) groups is 1. The smallest absolute Gasteiger partial charge is 0.253 e. The first-order chi connectivity index (χ1) is 9.20. The third-order valence-electron chi connectivity index (χ3n) is 2.87. The van der Waals surface area contributed by atoms with Gasteiger partial charge >= 0.3 is 0 Å². The highest BCUT2D eigenvalue weighted by molar-refractivity contribution is 8.06. The van der Waals surface area contributed by atoms with E-state index >= 15 is 0 Å². The predicted octanol–water partition coefficient (Wildman–Crippen LogP) is 2.96. The van der Waals surface area contributed by atoms with E-state index < -0.39 is 0 Å². The summed E-state index contributed by atoms with van der Waals surface area (Å²) in [7, 11) is 1.80. The van der Waals surface area contributed by atoms with Crippen molar-refractivity contribution in [3.05, 3.63) is 28.8 Å². The monoisotopic (exact) mass is 316 g/mol. The maximum absolute atomic E-state index is 12.2.